The first-order chi connectivity index (χ1) is 9.60. The fourth-order valence-corrected chi connectivity index (χ4v) is 1.99. The lowest BCUT2D eigenvalue weighted by Gasteiger charge is -2.15. The lowest BCUT2D eigenvalue weighted by molar-refractivity contribution is 0.385. The monoisotopic (exact) mass is 277 g/mol. The van der Waals surface area contributed by atoms with Crippen molar-refractivity contribution in [3.05, 3.63) is 65.2 Å². The Morgan fingerprint density at radius 1 is 1.15 bits per heavy atom. The number of hydrogen-bond acceptors (Lipinski definition) is 2. The summed E-state index contributed by atoms with van der Waals surface area (Å²) < 4.78 is 31.6. The van der Waals surface area contributed by atoms with Crippen molar-refractivity contribution in [3.8, 4) is 5.75 Å². The summed E-state index contributed by atoms with van der Waals surface area (Å²) in [5.41, 5.74) is 1.67. The fourth-order valence-electron chi connectivity index (χ4n) is 1.99. The summed E-state index contributed by atoms with van der Waals surface area (Å²) >= 11 is 0. The second kappa shape index (κ2) is 6.48. The smallest absolute Gasteiger partial charge is 0.165 e. The van der Waals surface area contributed by atoms with Crippen molar-refractivity contribution in [1.82, 2.24) is 5.32 Å². The predicted molar refractivity (Wildman–Crippen MR) is 74.6 cm³/mol. The van der Waals surface area contributed by atoms with E-state index in [1.807, 2.05) is 19.1 Å². The minimum absolute atomic E-state index is 0.0429. The summed E-state index contributed by atoms with van der Waals surface area (Å²) in [4.78, 5) is 0. The zero-order valence-corrected chi connectivity index (χ0v) is 11.5. The Labute approximate surface area is 117 Å². The van der Waals surface area contributed by atoms with Crippen molar-refractivity contribution in [2.45, 2.75) is 19.5 Å². The van der Waals surface area contributed by atoms with E-state index in [0.717, 1.165) is 11.1 Å². The molecule has 0 saturated carbocycles. The zero-order chi connectivity index (χ0) is 14.5. The summed E-state index contributed by atoms with van der Waals surface area (Å²) in [5, 5.41) is 3.23. The molecule has 0 fully saturated rings. The van der Waals surface area contributed by atoms with Crippen LogP contribution in [0.15, 0.2) is 42.5 Å². The van der Waals surface area contributed by atoms with Crippen LogP contribution >= 0.6 is 0 Å². The van der Waals surface area contributed by atoms with E-state index in [9.17, 15) is 8.78 Å². The van der Waals surface area contributed by atoms with Crippen LogP contribution in [0, 0.1) is 11.6 Å². The molecule has 0 saturated heterocycles. The number of nitrogens with one attached hydrogen (secondary N) is 1. The van der Waals surface area contributed by atoms with E-state index in [0.29, 0.717) is 6.54 Å². The van der Waals surface area contributed by atoms with Crippen LogP contribution in [0.5, 0.6) is 5.75 Å². The van der Waals surface area contributed by atoms with E-state index < -0.39 is 0 Å². The lowest BCUT2D eigenvalue weighted by atomic mass is 10.1. The molecule has 0 heterocycles. The Morgan fingerprint density at radius 3 is 2.60 bits per heavy atom. The first kappa shape index (κ1) is 14.5. The highest BCUT2D eigenvalue weighted by molar-refractivity contribution is 5.31. The Morgan fingerprint density at radius 2 is 1.95 bits per heavy atom. The molecule has 2 aromatic rings. The van der Waals surface area contributed by atoms with E-state index >= 15 is 0 Å². The molecule has 0 spiro atoms. The van der Waals surface area contributed by atoms with E-state index in [-0.39, 0.29) is 23.4 Å². The summed E-state index contributed by atoms with van der Waals surface area (Å²) in [7, 11) is 1.43. The molecular formula is C16H17F2NO. The molecule has 0 bridgehead atoms. The average molecular weight is 277 g/mol. The fraction of sp³-hybridized carbons (Fsp3) is 0.250. The zero-order valence-electron chi connectivity index (χ0n) is 11.5. The second-order valence-electron chi connectivity index (χ2n) is 4.63. The first-order valence-electron chi connectivity index (χ1n) is 6.41. The van der Waals surface area contributed by atoms with E-state index in [2.05, 4.69) is 5.32 Å². The van der Waals surface area contributed by atoms with E-state index in [4.69, 9.17) is 4.74 Å². The van der Waals surface area contributed by atoms with Crippen LogP contribution < -0.4 is 10.1 Å². The van der Waals surface area contributed by atoms with Crippen LogP contribution in [0.25, 0.3) is 0 Å². The Bertz CT molecular complexity index is 586. The summed E-state index contributed by atoms with van der Waals surface area (Å²) in [6.45, 7) is 2.45. The molecule has 0 aliphatic carbocycles. The first-order valence-corrected chi connectivity index (χ1v) is 6.41. The van der Waals surface area contributed by atoms with E-state index in [1.54, 1.807) is 12.1 Å². The third kappa shape index (κ3) is 3.54. The molecule has 2 nitrogen and oxygen atoms in total. The van der Waals surface area contributed by atoms with Crippen molar-refractivity contribution in [3.63, 3.8) is 0 Å². The van der Waals surface area contributed by atoms with Gasteiger partial charge in [0.05, 0.1) is 7.11 Å². The number of ether oxygens (including phenoxy) is 1. The normalized spacial score (nSPS) is 12.2. The molecule has 4 heteroatoms. The van der Waals surface area contributed by atoms with Crippen LogP contribution in [-0.2, 0) is 6.54 Å². The van der Waals surface area contributed by atoms with Crippen LogP contribution in [0.4, 0.5) is 8.78 Å². The second-order valence-corrected chi connectivity index (χ2v) is 4.63. The van der Waals surface area contributed by atoms with Crippen LogP contribution in [0.3, 0.4) is 0 Å². The summed E-state index contributed by atoms with van der Waals surface area (Å²) in [6.07, 6.45) is 0. The van der Waals surface area contributed by atoms with Gasteiger partial charge in [0, 0.05) is 12.6 Å². The molecule has 0 amide bonds. The van der Waals surface area contributed by atoms with Crippen molar-refractivity contribution < 1.29 is 13.5 Å². The molecule has 2 aromatic carbocycles. The Kier molecular flexibility index (Phi) is 4.69. The minimum Gasteiger partial charge on any atom is -0.494 e. The van der Waals surface area contributed by atoms with Crippen molar-refractivity contribution in [2.24, 2.45) is 0 Å². The minimum atomic E-state index is -0.385. The van der Waals surface area contributed by atoms with Gasteiger partial charge in [-0.05, 0) is 42.3 Å². The van der Waals surface area contributed by atoms with Gasteiger partial charge >= 0.3 is 0 Å². The highest BCUT2D eigenvalue weighted by atomic mass is 19.1. The Hall–Kier alpha value is -1.94. The van der Waals surface area contributed by atoms with Gasteiger partial charge in [0.2, 0.25) is 0 Å². The number of rotatable bonds is 5. The maximum atomic E-state index is 13.6. The highest BCUT2D eigenvalue weighted by Gasteiger charge is 2.09. The van der Waals surface area contributed by atoms with Gasteiger partial charge in [0.25, 0.3) is 0 Å². The van der Waals surface area contributed by atoms with Gasteiger partial charge in [-0.1, -0.05) is 18.2 Å². The number of halogens is 2. The lowest BCUT2D eigenvalue weighted by Crippen LogP contribution is -2.18. The molecule has 0 aromatic heterocycles. The Balaban J connectivity index is 2.01. The summed E-state index contributed by atoms with van der Waals surface area (Å²) in [6, 6.07) is 11.2. The summed E-state index contributed by atoms with van der Waals surface area (Å²) in [5.74, 6) is -0.414. The topological polar surface area (TPSA) is 21.3 Å². The van der Waals surface area contributed by atoms with Crippen molar-refractivity contribution in [2.75, 3.05) is 7.11 Å². The number of methoxy groups -OCH3 is 1. The third-order valence-electron chi connectivity index (χ3n) is 3.18. The van der Waals surface area contributed by atoms with Gasteiger partial charge in [-0.2, -0.15) is 0 Å². The van der Waals surface area contributed by atoms with Crippen LogP contribution in [0.1, 0.15) is 24.1 Å². The standard InChI is InChI=1S/C16H17F2NO/c1-11(13-6-7-16(20-2)15(18)9-13)19-10-12-4-3-5-14(17)8-12/h3-9,11,19H,10H2,1-2H3. The van der Waals surface area contributed by atoms with Crippen LogP contribution in [-0.4, -0.2) is 7.11 Å². The number of hydrogen-bond donors (Lipinski definition) is 1. The van der Waals surface area contributed by atoms with Crippen molar-refractivity contribution >= 4 is 0 Å². The molecule has 1 N–H and O–H groups in total. The SMILES string of the molecule is COc1ccc(C(C)NCc2cccc(F)c2)cc1F. The number of benzene rings is 2. The molecule has 0 radical (unpaired) electrons. The molecular weight excluding hydrogens is 260 g/mol. The average Bonchev–Trinajstić information content (AvgIpc) is 2.44. The molecule has 2 rings (SSSR count). The van der Waals surface area contributed by atoms with Gasteiger partial charge < -0.3 is 10.1 Å². The highest BCUT2D eigenvalue weighted by Crippen LogP contribution is 2.21. The van der Waals surface area contributed by atoms with Gasteiger partial charge in [-0.3, -0.25) is 0 Å². The maximum absolute atomic E-state index is 13.6. The molecule has 1 atom stereocenters. The largest absolute Gasteiger partial charge is 0.494 e. The molecule has 0 aliphatic heterocycles. The maximum Gasteiger partial charge on any atom is 0.165 e. The molecule has 1 unspecified atom stereocenters. The van der Waals surface area contributed by atoms with Gasteiger partial charge in [-0.15, -0.1) is 0 Å². The predicted octanol–water partition coefficient (Wildman–Crippen LogP) is 3.82. The van der Waals surface area contributed by atoms with Crippen molar-refractivity contribution in [1.29, 1.82) is 0 Å². The van der Waals surface area contributed by atoms with Crippen LogP contribution in [0.2, 0.25) is 0 Å². The molecule has 0 aliphatic rings. The van der Waals surface area contributed by atoms with Gasteiger partial charge in [-0.25, -0.2) is 8.78 Å². The van der Waals surface area contributed by atoms with E-state index in [1.165, 1.54) is 25.3 Å². The molecule has 106 valence electrons. The van der Waals surface area contributed by atoms with Gasteiger partial charge in [0.15, 0.2) is 11.6 Å². The van der Waals surface area contributed by atoms with Gasteiger partial charge in [0.1, 0.15) is 5.82 Å². The molecule has 20 heavy (non-hydrogen) atoms. The third-order valence-corrected chi connectivity index (χ3v) is 3.18. The quantitative estimate of drug-likeness (QED) is 0.897.